The summed E-state index contributed by atoms with van der Waals surface area (Å²) in [5, 5.41) is 9.66. The van der Waals surface area contributed by atoms with Crippen molar-refractivity contribution >= 4 is 35.0 Å². The van der Waals surface area contributed by atoms with E-state index in [1.54, 1.807) is 36.5 Å². The number of pyridine rings is 1. The monoisotopic (exact) mass is 368 g/mol. The maximum Gasteiger partial charge on any atom is 0.251 e. The lowest BCUT2D eigenvalue weighted by Crippen LogP contribution is -2.28. The first kappa shape index (κ1) is 17.6. The molecule has 2 aromatic heterocycles. The summed E-state index contributed by atoms with van der Waals surface area (Å²) < 4.78 is 0. The molecule has 0 atom stereocenters. The number of nitrogens with zero attached hydrogens (tertiary/aromatic N) is 3. The smallest absolute Gasteiger partial charge is 0.251 e. The van der Waals surface area contributed by atoms with Crippen LogP contribution in [0.4, 0.5) is 17.5 Å². The molecule has 0 aliphatic carbocycles. The lowest BCUT2D eigenvalue weighted by Gasteiger charge is -2.09. The Morgan fingerprint density at radius 3 is 2.50 bits per heavy atom. The second kappa shape index (κ2) is 8.77. The molecule has 0 unspecified atom stereocenters. The van der Waals surface area contributed by atoms with Gasteiger partial charge in [0.1, 0.15) is 23.8 Å². The van der Waals surface area contributed by atoms with Gasteiger partial charge in [-0.15, -0.1) is 0 Å². The van der Waals surface area contributed by atoms with Crippen molar-refractivity contribution in [2.45, 2.75) is 0 Å². The van der Waals surface area contributed by atoms with Gasteiger partial charge in [-0.05, 0) is 36.4 Å². The molecule has 0 fully saturated rings. The number of carbonyl (C=O) groups is 1. The van der Waals surface area contributed by atoms with Gasteiger partial charge in [0.2, 0.25) is 0 Å². The van der Waals surface area contributed by atoms with E-state index < -0.39 is 0 Å². The van der Waals surface area contributed by atoms with E-state index >= 15 is 0 Å². The Hall–Kier alpha value is -3.19. The molecule has 2 heterocycles. The first-order valence-corrected chi connectivity index (χ1v) is 8.36. The standard InChI is InChI=1S/C18H17ClN6O/c19-14-6-4-13(5-7-14)18(26)22-10-9-21-16-11-17(24-12-23-16)25-15-3-1-2-8-20-15/h1-8,11-12H,9-10H2,(H,22,26)(H2,20,21,23,24,25). The lowest BCUT2D eigenvalue weighted by atomic mass is 10.2. The van der Waals surface area contributed by atoms with Gasteiger partial charge < -0.3 is 16.0 Å². The highest BCUT2D eigenvalue weighted by Crippen LogP contribution is 2.13. The minimum atomic E-state index is -0.149. The van der Waals surface area contributed by atoms with Crippen LogP contribution in [0.15, 0.2) is 61.1 Å². The molecular formula is C18H17ClN6O. The normalized spacial score (nSPS) is 10.2. The van der Waals surface area contributed by atoms with E-state index in [9.17, 15) is 4.79 Å². The molecule has 0 bridgehead atoms. The van der Waals surface area contributed by atoms with Crippen molar-refractivity contribution in [1.29, 1.82) is 0 Å². The van der Waals surface area contributed by atoms with Crippen molar-refractivity contribution in [3.8, 4) is 0 Å². The third kappa shape index (κ3) is 5.15. The van der Waals surface area contributed by atoms with Crippen LogP contribution < -0.4 is 16.0 Å². The van der Waals surface area contributed by atoms with Crippen LogP contribution in [0.1, 0.15) is 10.4 Å². The number of carbonyl (C=O) groups excluding carboxylic acids is 1. The maximum absolute atomic E-state index is 12.0. The number of benzene rings is 1. The van der Waals surface area contributed by atoms with Crippen LogP contribution in [-0.2, 0) is 0 Å². The van der Waals surface area contributed by atoms with Crippen molar-refractivity contribution in [2.24, 2.45) is 0 Å². The van der Waals surface area contributed by atoms with Crippen molar-refractivity contribution in [2.75, 3.05) is 23.7 Å². The van der Waals surface area contributed by atoms with Crippen LogP contribution in [0, 0.1) is 0 Å². The fourth-order valence-electron chi connectivity index (χ4n) is 2.16. The molecule has 26 heavy (non-hydrogen) atoms. The van der Waals surface area contributed by atoms with E-state index in [1.165, 1.54) is 6.33 Å². The molecule has 0 spiro atoms. The predicted octanol–water partition coefficient (Wildman–Crippen LogP) is 3.11. The molecule has 1 aromatic carbocycles. The summed E-state index contributed by atoms with van der Waals surface area (Å²) in [6.07, 6.45) is 3.16. The molecule has 1 amide bonds. The molecule has 3 aromatic rings. The summed E-state index contributed by atoms with van der Waals surface area (Å²) in [5.41, 5.74) is 0.568. The Kier molecular flexibility index (Phi) is 5.95. The van der Waals surface area contributed by atoms with E-state index in [4.69, 9.17) is 11.6 Å². The van der Waals surface area contributed by atoms with Gasteiger partial charge in [0, 0.05) is 35.9 Å². The average Bonchev–Trinajstić information content (AvgIpc) is 2.67. The average molecular weight is 369 g/mol. The Labute approximate surface area is 155 Å². The third-order valence-electron chi connectivity index (χ3n) is 3.41. The molecule has 132 valence electrons. The summed E-state index contributed by atoms with van der Waals surface area (Å²) in [6.45, 7) is 0.980. The number of aromatic nitrogens is 3. The zero-order valence-corrected chi connectivity index (χ0v) is 14.6. The summed E-state index contributed by atoms with van der Waals surface area (Å²) in [7, 11) is 0. The lowest BCUT2D eigenvalue weighted by molar-refractivity contribution is 0.0955. The number of amides is 1. The third-order valence-corrected chi connectivity index (χ3v) is 3.66. The van der Waals surface area contributed by atoms with Gasteiger partial charge in [-0.3, -0.25) is 4.79 Å². The van der Waals surface area contributed by atoms with Crippen molar-refractivity contribution in [1.82, 2.24) is 20.3 Å². The Morgan fingerprint density at radius 1 is 0.923 bits per heavy atom. The number of anilines is 3. The van der Waals surface area contributed by atoms with Crippen LogP contribution in [0.25, 0.3) is 0 Å². The summed E-state index contributed by atoms with van der Waals surface area (Å²) >= 11 is 5.81. The van der Waals surface area contributed by atoms with Crippen molar-refractivity contribution < 1.29 is 4.79 Å². The van der Waals surface area contributed by atoms with Gasteiger partial charge in [-0.2, -0.15) is 0 Å². The predicted molar refractivity (Wildman–Crippen MR) is 102 cm³/mol. The van der Waals surface area contributed by atoms with E-state index in [0.29, 0.717) is 41.1 Å². The minimum Gasteiger partial charge on any atom is -0.368 e. The number of hydrogen-bond donors (Lipinski definition) is 3. The Morgan fingerprint density at radius 2 is 1.73 bits per heavy atom. The van der Waals surface area contributed by atoms with Gasteiger partial charge in [0.25, 0.3) is 5.91 Å². The summed E-state index contributed by atoms with van der Waals surface area (Å²) in [6, 6.07) is 14.1. The number of halogens is 1. The van der Waals surface area contributed by atoms with Crippen LogP contribution in [0.5, 0.6) is 0 Å². The molecule has 0 aliphatic heterocycles. The first-order chi connectivity index (χ1) is 12.7. The van der Waals surface area contributed by atoms with Crippen LogP contribution in [-0.4, -0.2) is 33.9 Å². The van der Waals surface area contributed by atoms with E-state index in [2.05, 4.69) is 30.9 Å². The molecule has 3 N–H and O–H groups in total. The van der Waals surface area contributed by atoms with Gasteiger partial charge in [0.15, 0.2) is 0 Å². The molecule has 0 aliphatic rings. The second-order valence-electron chi connectivity index (χ2n) is 5.32. The van der Waals surface area contributed by atoms with Crippen LogP contribution >= 0.6 is 11.6 Å². The molecule has 0 saturated heterocycles. The number of hydrogen-bond acceptors (Lipinski definition) is 6. The molecular weight excluding hydrogens is 352 g/mol. The second-order valence-corrected chi connectivity index (χ2v) is 5.75. The fraction of sp³-hybridized carbons (Fsp3) is 0.111. The first-order valence-electron chi connectivity index (χ1n) is 7.98. The Bertz CT molecular complexity index is 857. The van der Waals surface area contributed by atoms with Crippen molar-refractivity contribution in [3.05, 3.63) is 71.6 Å². The highest BCUT2D eigenvalue weighted by Gasteiger charge is 2.04. The molecule has 7 nitrogen and oxygen atoms in total. The quantitative estimate of drug-likeness (QED) is 0.555. The fourth-order valence-corrected chi connectivity index (χ4v) is 2.29. The molecule has 0 radical (unpaired) electrons. The molecule has 8 heteroatoms. The maximum atomic E-state index is 12.0. The van der Waals surface area contributed by atoms with E-state index in [1.807, 2.05) is 18.2 Å². The highest BCUT2D eigenvalue weighted by atomic mass is 35.5. The number of rotatable bonds is 7. The largest absolute Gasteiger partial charge is 0.368 e. The summed E-state index contributed by atoms with van der Waals surface area (Å²) in [5.74, 6) is 1.83. The Balaban J connectivity index is 1.47. The van der Waals surface area contributed by atoms with Crippen LogP contribution in [0.2, 0.25) is 5.02 Å². The summed E-state index contributed by atoms with van der Waals surface area (Å²) in [4.78, 5) is 24.5. The zero-order chi connectivity index (χ0) is 18.2. The van der Waals surface area contributed by atoms with Gasteiger partial charge in [-0.25, -0.2) is 15.0 Å². The van der Waals surface area contributed by atoms with Crippen LogP contribution in [0.3, 0.4) is 0 Å². The molecule has 3 rings (SSSR count). The number of nitrogens with one attached hydrogen (secondary N) is 3. The van der Waals surface area contributed by atoms with Gasteiger partial charge >= 0.3 is 0 Å². The highest BCUT2D eigenvalue weighted by molar-refractivity contribution is 6.30. The minimum absolute atomic E-state index is 0.149. The topological polar surface area (TPSA) is 91.8 Å². The SMILES string of the molecule is O=C(NCCNc1cc(Nc2ccccn2)ncn1)c1ccc(Cl)cc1. The van der Waals surface area contributed by atoms with E-state index in [-0.39, 0.29) is 5.91 Å². The zero-order valence-electron chi connectivity index (χ0n) is 13.8. The van der Waals surface area contributed by atoms with Gasteiger partial charge in [-0.1, -0.05) is 17.7 Å². The molecule has 0 saturated carbocycles. The van der Waals surface area contributed by atoms with Gasteiger partial charge in [0.05, 0.1) is 0 Å². The van der Waals surface area contributed by atoms with Crippen molar-refractivity contribution in [3.63, 3.8) is 0 Å². The van der Waals surface area contributed by atoms with E-state index in [0.717, 1.165) is 0 Å².